The first kappa shape index (κ1) is 26.6. The number of hydrogen-bond acceptors (Lipinski definition) is 6. The van der Waals surface area contributed by atoms with Gasteiger partial charge in [-0.05, 0) is 63.9 Å². The van der Waals surface area contributed by atoms with Crippen LogP contribution in [0.5, 0.6) is 5.75 Å². The molecule has 0 radical (unpaired) electrons. The van der Waals surface area contributed by atoms with E-state index in [9.17, 15) is 9.90 Å². The van der Waals surface area contributed by atoms with Crippen molar-refractivity contribution in [2.75, 3.05) is 24.6 Å². The van der Waals surface area contributed by atoms with Crippen molar-refractivity contribution < 1.29 is 9.84 Å². The number of nitrogens with zero attached hydrogens (tertiary/aromatic N) is 5. The largest absolute Gasteiger partial charge is 0.491 e. The Morgan fingerprint density at radius 2 is 1.86 bits per heavy atom. The molecular formula is C29H37N5O3. The molecule has 0 bridgehead atoms. The van der Waals surface area contributed by atoms with Crippen LogP contribution < -0.4 is 15.2 Å². The summed E-state index contributed by atoms with van der Waals surface area (Å²) in [7, 11) is 1.74. The predicted octanol–water partition coefficient (Wildman–Crippen LogP) is 4.68. The number of hydrogen-bond donors (Lipinski definition) is 1. The topological polar surface area (TPSA) is 75.2 Å². The number of anilines is 1. The van der Waals surface area contributed by atoms with Crippen molar-refractivity contribution in [1.29, 1.82) is 0 Å². The SMILES string of the molecule is [C-]#[N+]c1ccc2c(n1)c(N1C[C@@H](C)N(C(CC)c3ccc(OCC(C)(C)O)cc3)C[C@@H]1C)cc(=O)n2C. The molecule has 3 aromatic rings. The Hall–Kier alpha value is -3.41. The van der Waals surface area contributed by atoms with Crippen molar-refractivity contribution in [1.82, 2.24) is 14.5 Å². The number of aromatic nitrogens is 2. The smallest absolute Gasteiger partial charge is 0.270 e. The lowest BCUT2D eigenvalue weighted by Crippen LogP contribution is -2.57. The third-order valence-corrected chi connectivity index (χ3v) is 7.16. The van der Waals surface area contributed by atoms with E-state index in [1.54, 1.807) is 37.6 Å². The quantitative estimate of drug-likeness (QED) is 0.472. The summed E-state index contributed by atoms with van der Waals surface area (Å²) in [6, 6.07) is 13.9. The molecule has 0 aliphatic carbocycles. The average Bonchev–Trinajstić information content (AvgIpc) is 2.87. The Morgan fingerprint density at radius 1 is 1.16 bits per heavy atom. The van der Waals surface area contributed by atoms with E-state index in [1.165, 1.54) is 5.56 Å². The molecule has 0 amide bonds. The van der Waals surface area contributed by atoms with Crippen LogP contribution in [-0.4, -0.2) is 56.9 Å². The van der Waals surface area contributed by atoms with Gasteiger partial charge in [0.05, 0.1) is 16.8 Å². The third kappa shape index (κ3) is 5.63. The van der Waals surface area contributed by atoms with Crippen LogP contribution in [-0.2, 0) is 7.05 Å². The van der Waals surface area contributed by atoms with Crippen molar-refractivity contribution in [3.05, 3.63) is 69.8 Å². The number of fused-ring (bicyclic) bond motifs is 1. The maximum absolute atomic E-state index is 12.8. The maximum atomic E-state index is 12.8. The number of aryl methyl sites for hydroxylation is 1. The van der Waals surface area contributed by atoms with E-state index in [1.807, 2.05) is 18.2 Å². The molecule has 1 N–H and O–H groups in total. The second-order valence-corrected chi connectivity index (χ2v) is 10.7. The zero-order valence-electron chi connectivity index (χ0n) is 22.6. The van der Waals surface area contributed by atoms with E-state index in [4.69, 9.17) is 11.3 Å². The van der Waals surface area contributed by atoms with Crippen LogP contribution in [0.4, 0.5) is 11.5 Å². The monoisotopic (exact) mass is 503 g/mol. The summed E-state index contributed by atoms with van der Waals surface area (Å²) in [5.41, 5.74) is 2.49. The molecule has 1 fully saturated rings. The second-order valence-electron chi connectivity index (χ2n) is 10.7. The molecule has 3 atom stereocenters. The fraction of sp³-hybridized carbons (Fsp3) is 0.483. The number of rotatable bonds is 7. The van der Waals surface area contributed by atoms with Gasteiger partial charge in [-0.25, -0.2) is 0 Å². The van der Waals surface area contributed by atoms with Crippen LogP contribution >= 0.6 is 0 Å². The number of pyridine rings is 2. The molecule has 1 saturated heterocycles. The van der Waals surface area contributed by atoms with Crippen LogP contribution in [0.25, 0.3) is 15.9 Å². The molecule has 3 heterocycles. The Labute approximate surface area is 218 Å². The highest BCUT2D eigenvalue weighted by Gasteiger charge is 2.35. The van der Waals surface area contributed by atoms with Crippen molar-refractivity contribution in [2.24, 2.45) is 7.05 Å². The minimum atomic E-state index is -0.878. The fourth-order valence-electron chi connectivity index (χ4n) is 5.21. The van der Waals surface area contributed by atoms with Gasteiger partial charge in [-0.3, -0.25) is 9.69 Å². The van der Waals surface area contributed by atoms with Gasteiger partial charge in [-0.15, -0.1) is 4.98 Å². The Bertz CT molecular complexity index is 1350. The molecule has 196 valence electrons. The Morgan fingerprint density at radius 3 is 2.49 bits per heavy atom. The van der Waals surface area contributed by atoms with Gasteiger partial charge in [-0.2, -0.15) is 0 Å². The van der Waals surface area contributed by atoms with Gasteiger partial charge in [0.15, 0.2) is 0 Å². The molecule has 4 rings (SSSR count). The van der Waals surface area contributed by atoms with Gasteiger partial charge in [0.25, 0.3) is 11.4 Å². The Kier molecular flexibility index (Phi) is 7.58. The minimum Gasteiger partial charge on any atom is -0.491 e. The van der Waals surface area contributed by atoms with Crippen LogP contribution in [0.15, 0.2) is 47.3 Å². The van der Waals surface area contributed by atoms with Crippen molar-refractivity contribution in [3.63, 3.8) is 0 Å². The molecule has 8 nitrogen and oxygen atoms in total. The zero-order valence-corrected chi connectivity index (χ0v) is 22.6. The lowest BCUT2D eigenvalue weighted by atomic mass is 9.97. The van der Waals surface area contributed by atoms with E-state index >= 15 is 0 Å². The van der Waals surface area contributed by atoms with Crippen molar-refractivity contribution in [2.45, 2.75) is 64.8 Å². The summed E-state index contributed by atoms with van der Waals surface area (Å²) in [6.45, 7) is 19.3. The molecular weight excluding hydrogens is 466 g/mol. The molecule has 8 heteroatoms. The first-order valence-corrected chi connectivity index (χ1v) is 12.9. The molecule has 1 unspecified atom stereocenters. The summed E-state index contributed by atoms with van der Waals surface area (Å²) in [4.78, 5) is 25.7. The maximum Gasteiger partial charge on any atom is 0.270 e. The van der Waals surface area contributed by atoms with Crippen LogP contribution in [0.2, 0.25) is 0 Å². The summed E-state index contributed by atoms with van der Waals surface area (Å²) in [6.07, 6.45) is 0.964. The number of piperazine rings is 1. The van der Waals surface area contributed by atoms with Gasteiger partial charge in [0, 0.05) is 44.3 Å². The van der Waals surface area contributed by atoms with E-state index in [2.05, 4.69) is 52.5 Å². The highest BCUT2D eigenvalue weighted by atomic mass is 16.5. The second kappa shape index (κ2) is 10.5. The van der Waals surface area contributed by atoms with Gasteiger partial charge < -0.3 is 24.2 Å². The third-order valence-electron chi connectivity index (χ3n) is 7.16. The van der Waals surface area contributed by atoms with Crippen molar-refractivity contribution in [3.8, 4) is 5.75 Å². The molecule has 1 aromatic carbocycles. The summed E-state index contributed by atoms with van der Waals surface area (Å²) >= 11 is 0. The van der Waals surface area contributed by atoms with E-state index < -0.39 is 5.60 Å². The molecule has 37 heavy (non-hydrogen) atoms. The minimum absolute atomic E-state index is 0.0829. The normalized spacial score (nSPS) is 19.6. The number of benzene rings is 1. The summed E-state index contributed by atoms with van der Waals surface area (Å²) in [5, 5.41) is 9.93. The van der Waals surface area contributed by atoms with Gasteiger partial charge >= 0.3 is 0 Å². The number of aliphatic hydroxyl groups is 1. The molecule has 0 spiro atoms. The van der Waals surface area contributed by atoms with E-state index in [-0.39, 0.29) is 30.3 Å². The van der Waals surface area contributed by atoms with Gasteiger partial charge in [-0.1, -0.05) is 25.6 Å². The highest BCUT2D eigenvalue weighted by Crippen LogP contribution is 2.34. The fourth-order valence-corrected chi connectivity index (χ4v) is 5.21. The highest BCUT2D eigenvalue weighted by molar-refractivity contribution is 5.89. The van der Waals surface area contributed by atoms with E-state index in [0.29, 0.717) is 11.3 Å². The average molecular weight is 504 g/mol. The van der Waals surface area contributed by atoms with Crippen molar-refractivity contribution >= 4 is 22.5 Å². The zero-order chi connectivity index (χ0) is 26.9. The summed E-state index contributed by atoms with van der Waals surface area (Å²) < 4.78 is 7.32. The molecule has 2 aromatic heterocycles. The first-order chi connectivity index (χ1) is 17.5. The first-order valence-electron chi connectivity index (χ1n) is 12.9. The molecule has 0 saturated carbocycles. The lowest BCUT2D eigenvalue weighted by Gasteiger charge is -2.48. The molecule has 1 aliphatic heterocycles. The lowest BCUT2D eigenvalue weighted by molar-refractivity contribution is 0.0284. The molecule has 1 aliphatic rings. The number of ether oxygens (including phenoxy) is 1. The predicted molar refractivity (Wildman–Crippen MR) is 147 cm³/mol. The van der Waals surface area contributed by atoms with Gasteiger partial charge in [0.2, 0.25) is 5.52 Å². The standard InChI is InChI=1S/C29H37N5O3/c1-8-23(21-9-11-22(12-10-21)37-18-29(4,5)36)33-16-20(3)34(17-19(33)2)25-15-27(35)32(7)24-13-14-26(30-6)31-28(24)25/h9-15,19-20,23,36H,8,16-18H2,1-5,7H3/t19-,20+,23?/m1/s1. The van der Waals surface area contributed by atoms with Gasteiger partial charge in [0.1, 0.15) is 12.4 Å². The summed E-state index contributed by atoms with van der Waals surface area (Å²) in [5.74, 6) is 1.07. The Balaban J connectivity index is 1.59. The van der Waals surface area contributed by atoms with Crippen LogP contribution in [0.3, 0.4) is 0 Å². The van der Waals surface area contributed by atoms with Crippen LogP contribution in [0.1, 0.15) is 52.6 Å². The van der Waals surface area contributed by atoms with E-state index in [0.717, 1.165) is 36.5 Å². The van der Waals surface area contributed by atoms with Crippen LogP contribution in [0, 0.1) is 6.57 Å².